The van der Waals surface area contributed by atoms with E-state index in [2.05, 4.69) is 5.32 Å². The van der Waals surface area contributed by atoms with Crippen LogP contribution in [0, 0.1) is 6.92 Å². The minimum absolute atomic E-state index is 0.258. The predicted octanol–water partition coefficient (Wildman–Crippen LogP) is 4.32. The molecule has 0 atom stereocenters. The van der Waals surface area contributed by atoms with E-state index in [1.165, 1.54) is 4.31 Å². The third kappa shape index (κ3) is 5.04. The van der Waals surface area contributed by atoms with Crippen molar-refractivity contribution in [2.24, 2.45) is 0 Å². The number of nitrogens with zero attached hydrogens (tertiary/aromatic N) is 1. The van der Waals surface area contributed by atoms with E-state index in [0.717, 1.165) is 17.0 Å². The van der Waals surface area contributed by atoms with E-state index in [9.17, 15) is 8.42 Å². The van der Waals surface area contributed by atoms with Gasteiger partial charge in [0.1, 0.15) is 11.5 Å². The molecule has 0 spiro atoms. The molecule has 3 rings (SSSR count). The third-order valence-corrected chi connectivity index (χ3v) is 6.54. The Morgan fingerprint density at radius 1 is 0.800 bits per heavy atom. The molecule has 0 bridgehead atoms. The summed E-state index contributed by atoms with van der Waals surface area (Å²) < 4.78 is 38.5. The van der Waals surface area contributed by atoms with E-state index in [-0.39, 0.29) is 11.4 Å². The Labute approximate surface area is 178 Å². The molecule has 0 fully saturated rings. The molecule has 3 aromatic rings. The first-order chi connectivity index (χ1) is 14.4. The molecule has 0 amide bonds. The van der Waals surface area contributed by atoms with Crippen molar-refractivity contribution < 1.29 is 17.9 Å². The summed E-state index contributed by atoms with van der Waals surface area (Å²) in [6, 6.07) is 21.4. The first-order valence-corrected chi connectivity index (χ1v) is 11.0. The van der Waals surface area contributed by atoms with Gasteiger partial charge in [-0.2, -0.15) is 0 Å². The molecular formula is C23H26N2O4S. The minimum atomic E-state index is -3.72. The number of anilines is 2. The summed E-state index contributed by atoms with van der Waals surface area (Å²) in [5.74, 6) is 1.44. The molecule has 3 aromatic carbocycles. The highest BCUT2D eigenvalue weighted by Crippen LogP contribution is 2.26. The zero-order valence-electron chi connectivity index (χ0n) is 17.3. The number of methoxy groups -OCH3 is 2. The predicted molar refractivity (Wildman–Crippen MR) is 120 cm³/mol. The quantitative estimate of drug-likeness (QED) is 0.552. The van der Waals surface area contributed by atoms with E-state index >= 15 is 0 Å². The Hall–Kier alpha value is -3.19. The molecule has 0 aliphatic heterocycles. The molecule has 0 unspecified atom stereocenters. The van der Waals surface area contributed by atoms with Gasteiger partial charge in [-0.15, -0.1) is 0 Å². The van der Waals surface area contributed by atoms with Crippen molar-refractivity contribution in [2.45, 2.75) is 11.8 Å². The molecule has 0 saturated carbocycles. The topological polar surface area (TPSA) is 67.9 Å². The van der Waals surface area contributed by atoms with Gasteiger partial charge in [-0.3, -0.25) is 4.31 Å². The number of rotatable bonds is 9. The fourth-order valence-corrected chi connectivity index (χ4v) is 4.45. The van der Waals surface area contributed by atoms with E-state index in [1.807, 2.05) is 31.2 Å². The van der Waals surface area contributed by atoms with Crippen LogP contribution in [0.5, 0.6) is 11.5 Å². The van der Waals surface area contributed by atoms with Crippen molar-refractivity contribution in [1.29, 1.82) is 0 Å². The van der Waals surface area contributed by atoms with E-state index in [1.54, 1.807) is 62.8 Å². The molecule has 0 heterocycles. The lowest BCUT2D eigenvalue weighted by molar-refractivity contribution is 0.414. The molecule has 30 heavy (non-hydrogen) atoms. The molecule has 7 heteroatoms. The van der Waals surface area contributed by atoms with Crippen molar-refractivity contribution in [1.82, 2.24) is 0 Å². The van der Waals surface area contributed by atoms with Crippen LogP contribution in [-0.2, 0) is 10.0 Å². The van der Waals surface area contributed by atoms with Crippen LogP contribution in [0.15, 0.2) is 77.7 Å². The van der Waals surface area contributed by atoms with Crippen LogP contribution >= 0.6 is 0 Å². The Bertz CT molecular complexity index is 1050. The van der Waals surface area contributed by atoms with Crippen LogP contribution in [0.2, 0.25) is 0 Å². The van der Waals surface area contributed by atoms with Gasteiger partial charge < -0.3 is 14.8 Å². The Morgan fingerprint density at radius 2 is 1.33 bits per heavy atom. The molecule has 0 radical (unpaired) electrons. The monoisotopic (exact) mass is 426 g/mol. The third-order valence-electron chi connectivity index (χ3n) is 4.70. The maximum absolute atomic E-state index is 13.4. The fraction of sp³-hybridized carbons (Fsp3) is 0.217. The van der Waals surface area contributed by atoms with Gasteiger partial charge in [0.25, 0.3) is 10.0 Å². The van der Waals surface area contributed by atoms with Gasteiger partial charge >= 0.3 is 0 Å². The first-order valence-electron chi connectivity index (χ1n) is 9.55. The zero-order valence-corrected chi connectivity index (χ0v) is 18.1. The number of aryl methyl sites for hydroxylation is 1. The number of nitrogens with one attached hydrogen (secondary N) is 1. The summed E-state index contributed by atoms with van der Waals surface area (Å²) in [5, 5.41) is 3.27. The van der Waals surface area contributed by atoms with Gasteiger partial charge in [-0.1, -0.05) is 17.7 Å². The summed E-state index contributed by atoms with van der Waals surface area (Å²) in [6.45, 7) is 2.62. The zero-order chi connectivity index (χ0) is 21.6. The summed E-state index contributed by atoms with van der Waals surface area (Å²) in [7, 11) is -0.529. The maximum atomic E-state index is 13.4. The highest BCUT2D eigenvalue weighted by Gasteiger charge is 2.24. The van der Waals surface area contributed by atoms with Crippen molar-refractivity contribution in [3.8, 4) is 11.5 Å². The van der Waals surface area contributed by atoms with Crippen LogP contribution in [0.25, 0.3) is 0 Å². The lowest BCUT2D eigenvalue weighted by Crippen LogP contribution is -2.35. The Balaban J connectivity index is 1.83. The fourth-order valence-electron chi connectivity index (χ4n) is 2.98. The Kier molecular flexibility index (Phi) is 6.84. The summed E-state index contributed by atoms with van der Waals surface area (Å²) >= 11 is 0. The molecule has 0 aliphatic rings. The van der Waals surface area contributed by atoms with Crippen molar-refractivity contribution in [2.75, 3.05) is 36.9 Å². The van der Waals surface area contributed by atoms with E-state index < -0.39 is 10.0 Å². The second-order valence-electron chi connectivity index (χ2n) is 6.74. The molecule has 6 nitrogen and oxygen atoms in total. The summed E-state index contributed by atoms with van der Waals surface area (Å²) in [5.41, 5.74) is 2.47. The van der Waals surface area contributed by atoms with Crippen LogP contribution in [0.4, 0.5) is 11.4 Å². The lowest BCUT2D eigenvalue weighted by atomic mass is 10.2. The number of hydrogen-bond donors (Lipinski definition) is 1. The summed E-state index contributed by atoms with van der Waals surface area (Å²) in [6.07, 6.45) is 0. The summed E-state index contributed by atoms with van der Waals surface area (Å²) in [4.78, 5) is 0.258. The van der Waals surface area contributed by atoms with Gasteiger partial charge in [0.2, 0.25) is 0 Å². The Morgan fingerprint density at radius 3 is 1.87 bits per heavy atom. The minimum Gasteiger partial charge on any atom is -0.497 e. The highest BCUT2D eigenvalue weighted by molar-refractivity contribution is 7.92. The van der Waals surface area contributed by atoms with E-state index in [4.69, 9.17) is 9.47 Å². The number of sulfonamides is 1. The van der Waals surface area contributed by atoms with Gasteiger partial charge in [-0.25, -0.2) is 8.42 Å². The molecule has 1 N–H and O–H groups in total. The van der Waals surface area contributed by atoms with Crippen LogP contribution in [0.3, 0.4) is 0 Å². The average molecular weight is 427 g/mol. The highest BCUT2D eigenvalue weighted by atomic mass is 32.2. The van der Waals surface area contributed by atoms with Gasteiger partial charge in [0.15, 0.2) is 0 Å². The van der Waals surface area contributed by atoms with E-state index in [0.29, 0.717) is 18.0 Å². The van der Waals surface area contributed by atoms with Crippen molar-refractivity contribution in [3.63, 3.8) is 0 Å². The van der Waals surface area contributed by atoms with Crippen LogP contribution in [0.1, 0.15) is 5.56 Å². The van der Waals surface area contributed by atoms with Gasteiger partial charge in [0.05, 0.1) is 31.3 Å². The van der Waals surface area contributed by atoms with Crippen LogP contribution in [-0.4, -0.2) is 35.7 Å². The molecule has 158 valence electrons. The molecular weight excluding hydrogens is 400 g/mol. The SMILES string of the molecule is COc1ccc(NCCN(c2ccc(OC)cc2)S(=O)(=O)c2ccc(C)cc2)cc1. The maximum Gasteiger partial charge on any atom is 0.264 e. The smallest absolute Gasteiger partial charge is 0.264 e. The lowest BCUT2D eigenvalue weighted by Gasteiger charge is -2.25. The molecule has 0 aromatic heterocycles. The standard InChI is InChI=1S/C23H26N2O4S/c1-18-4-14-23(15-5-18)30(26,27)25(20-8-12-22(29-3)13-9-20)17-16-24-19-6-10-21(28-2)11-7-19/h4-15,24H,16-17H2,1-3H3. The van der Waals surface area contributed by atoms with Gasteiger partial charge in [-0.05, 0) is 67.6 Å². The normalized spacial score (nSPS) is 11.0. The van der Waals surface area contributed by atoms with Gasteiger partial charge in [0, 0.05) is 12.2 Å². The van der Waals surface area contributed by atoms with Crippen LogP contribution < -0.4 is 19.1 Å². The second-order valence-corrected chi connectivity index (χ2v) is 8.61. The molecule has 0 aliphatic carbocycles. The van der Waals surface area contributed by atoms with Crippen molar-refractivity contribution in [3.05, 3.63) is 78.4 Å². The average Bonchev–Trinajstić information content (AvgIpc) is 2.77. The number of hydrogen-bond acceptors (Lipinski definition) is 5. The number of ether oxygens (including phenoxy) is 2. The largest absolute Gasteiger partial charge is 0.497 e. The second kappa shape index (κ2) is 9.54. The molecule has 0 saturated heterocycles. The van der Waals surface area contributed by atoms with Crippen molar-refractivity contribution >= 4 is 21.4 Å². The first kappa shape index (κ1) is 21.5. The number of benzene rings is 3.